The van der Waals surface area contributed by atoms with Gasteiger partial charge in [0, 0.05) is 18.7 Å². The maximum Gasteiger partial charge on any atom is 0.327 e. The summed E-state index contributed by atoms with van der Waals surface area (Å²) in [4.78, 5) is 12.5. The number of nitrogens with two attached hydrogens (primary N) is 1. The molecule has 2 aromatic heterocycles. The van der Waals surface area contributed by atoms with E-state index in [9.17, 15) is 9.18 Å². The van der Waals surface area contributed by atoms with E-state index in [2.05, 4.69) is 20.3 Å². The van der Waals surface area contributed by atoms with Gasteiger partial charge in [0.25, 0.3) is 0 Å². The highest BCUT2D eigenvalue weighted by Crippen LogP contribution is 2.21. The van der Waals surface area contributed by atoms with Gasteiger partial charge in [-0.05, 0) is 40.2 Å². The van der Waals surface area contributed by atoms with Gasteiger partial charge in [-0.1, -0.05) is 12.1 Å². The van der Waals surface area contributed by atoms with Crippen molar-refractivity contribution in [2.45, 2.75) is 0 Å². The van der Waals surface area contributed by atoms with Gasteiger partial charge in [-0.25, -0.2) is 18.4 Å². The third kappa shape index (κ3) is 3.31. The fraction of sp³-hybridized carbons (Fsp3) is 0.125. The number of carbonyl (C=O) groups excluding carboxylic acids is 1. The number of rotatable bonds is 4. The maximum atomic E-state index is 12.6. The van der Waals surface area contributed by atoms with Crippen LogP contribution in [0.1, 0.15) is 0 Å². The standard InChI is InChI=1S/C16H15FN6O2/c17-7-10(8-18)9-20-16(24)23-14(2-1-3-15(23)19)11-4-5-12-13(6-11)22-25-21-12/h1-7,19H,8-9,18H2,(H,20,24)/b10-7+,19-15?. The van der Waals surface area contributed by atoms with Crippen LogP contribution in [0.15, 0.2) is 52.9 Å². The molecular formula is C16H15FN6O2. The van der Waals surface area contributed by atoms with Gasteiger partial charge in [0.1, 0.15) is 16.5 Å². The van der Waals surface area contributed by atoms with Crippen molar-refractivity contribution in [3.05, 3.63) is 53.8 Å². The Morgan fingerprint density at radius 2 is 2.12 bits per heavy atom. The molecule has 4 N–H and O–H groups in total. The Morgan fingerprint density at radius 3 is 2.88 bits per heavy atom. The van der Waals surface area contributed by atoms with Crippen molar-refractivity contribution < 1.29 is 13.8 Å². The number of benzene rings is 1. The number of fused-ring (bicyclic) bond motifs is 1. The Kier molecular flexibility index (Phi) is 4.66. The second kappa shape index (κ2) is 7.05. The molecule has 3 rings (SSSR count). The average Bonchev–Trinajstić information content (AvgIpc) is 3.09. The van der Waals surface area contributed by atoms with Crippen LogP contribution in [0.3, 0.4) is 0 Å². The maximum absolute atomic E-state index is 12.6. The first-order valence-corrected chi connectivity index (χ1v) is 7.40. The molecule has 0 fully saturated rings. The third-order valence-corrected chi connectivity index (χ3v) is 3.63. The summed E-state index contributed by atoms with van der Waals surface area (Å²) in [6.07, 6.45) is 0.365. The van der Waals surface area contributed by atoms with Crippen LogP contribution in [0.5, 0.6) is 0 Å². The molecule has 0 aliphatic carbocycles. The van der Waals surface area contributed by atoms with Gasteiger partial charge in [0.05, 0.1) is 12.0 Å². The van der Waals surface area contributed by atoms with Crippen molar-refractivity contribution in [2.24, 2.45) is 5.73 Å². The predicted molar refractivity (Wildman–Crippen MR) is 88.1 cm³/mol. The van der Waals surface area contributed by atoms with Gasteiger partial charge in [-0.15, -0.1) is 0 Å². The molecular weight excluding hydrogens is 327 g/mol. The third-order valence-electron chi connectivity index (χ3n) is 3.63. The summed E-state index contributed by atoms with van der Waals surface area (Å²) in [5.41, 5.74) is 7.86. The van der Waals surface area contributed by atoms with Crippen LogP contribution in [0.4, 0.5) is 9.18 Å². The number of amides is 1. The monoisotopic (exact) mass is 342 g/mol. The fourth-order valence-electron chi connectivity index (χ4n) is 2.32. The summed E-state index contributed by atoms with van der Waals surface area (Å²) in [5, 5.41) is 18.1. The Labute approximate surface area is 141 Å². The molecule has 0 atom stereocenters. The van der Waals surface area contributed by atoms with E-state index in [4.69, 9.17) is 11.1 Å². The second-order valence-electron chi connectivity index (χ2n) is 5.23. The number of aromatic nitrogens is 3. The zero-order chi connectivity index (χ0) is 17.8. The van der Waals surface area contributed by atoms with E-state index < -0.39 is 6.03 Å². The van der Waals surface area contributed by atoms with Crippen molar-refractivity contribution in [1.82, 2.24) is 20.2 Å². The normalized spacial score (nSPS) is 11.7. The first-order chi connectivity index (χ1) is 12.1. The molecule has 0 saturated carbocycles. The Bertz CT molecular complexity index is 1010. The largest absolute Gasteiger partial charge is 0.333 e. The van der Waals surface area contributed by atoms with Crippen molar-refractivity contribution in [2.75, 3.05) is 13.1 Å². The van der Waals surface area contributed by atoms with Gasteiger partial charge in [-0.2, -0.15) is 0 Å². The zero-order valence-corrected chi connectivity index (χ0v) is 13.1. The van der Waals surface area contributed by atoms with Crippen LogP contribution in [-0.4, -0.2) is 34.0 Å². The first-order valence-electron chi connectivity index (χ1n) is 7.40. The minimum atomic E-state index is -0.563. The lowest BCUT2D eigenvalue weighted by Gasteiger charge is -2.14. The van der Waals surface area contributed by atoms with Crippen molar-refractivity contribution in [1.29, 1.82) is 5.41 Å². The highest BCUT2D eigenvalue weighted by molar-refractivity contribution is 5.85. The van der Waals surface area contributed by atoms with E-state index in [1.165, 1.54) is 10.6 Å². The summed E-state index contributed by atoms with van der Waals surface area (Å²) >= 11 is 0. The van der Waals surface area contributed by atoms with Crippen LogP contribution in [0, 0.1) is 5.41 Å². The number of pyridine rings is 1. The van der Waals surface area contributed by atoms with E-state index >= 15 is 0 Å². The quantitative estimate of drug-likeness (QED) is 0.664. The zero-order valence-electron chi connectivity index (χ0n) is 13.1. The number of nitrogens with zero attached hydrogens (tertiary/aromatic N) is 3. The molecule has 2 heterocycles. The van der Waals surface area contributed by atoms with Crippen LogP contribution in [0.2, 0.25) is 0 Å². The molecule has 128 valence electrons. The number of halogens is 1. The average molecular weight is 342 g/mol. The SMILES string of the molecule is N=c1cccc(-c2ccc3nonc3c2)n1C(=O)NC/C(=C/F)CN. The Morgan fingerprint density at radius 1 is 1.32 bits per heavy atom. The molecule has 0 saturated heterocycles. The lowest BCUT2D eigenvalue weighted by Crippen LogP contribution is -2.38. The molecule has 25 heavy (non-hydrogen) atoms. The molecule has 0 spiro atoms. The molecule has 1 aromatic carbocycles. The van der Waals surface area contributed by atoms with Crippen LogP contribution < -0.4 is 16.5 Å². The first kappa shape index (κ1) is 16.5. The van der Waals surface area contributed by atoms with E-state index in [0.717, 1.165) is 0 Å². The summed E-state index contributed by atoms with van der Waals surface area (Å²) in [6.45, 7) is -0.0501. The molecule has 3 aromatic rings. The molecule has 0 unspecified atom stereocenters. The molecule has 0 bridgehead atoms. The number of nitrogens with one attached hydrogen (secondary N) is 2. The highest BCUT2D eigenvalue weighted by atomic mass is 19.1. The summed E-state index contributed by atoms with van der Waals surface area (Å²) in [7, 11) is 0. The summed E-state index contributed by atoms with van der Waals surface area (Å²) in [6, 6.07) is 9.44. The molecule has 0 aliphatic rings. The van der Waals surface area contributed by atoms with E-state index in [0.29, 0.717) is 28.6 Å². The minimum Gasteiger partial charge on any atom is -0.333 e. The Balaban J connectivity index is 1.99. The lowest BCUT2D eigenvalue weighted by molar-refractivity contribution is 0.242. The van der Waals surface area contributed by atoms with Crippen molar-refractivity contribution >= 4 is 17.1 Å². The molecule has 9 heteroatoms. The van der Waals surface area contributed by atoms with E-state index in [1.54, 1.807) is 30.3 Å². The second-order valence-corrected chi connectivity index (χ2v) is 5.23. The highest BCUT2D eigenvalue weighted by Gasteiger charge is 2.13. The van der Waals surface area contributed by atoms with Crippen LogP contribution >= 0.6 is 0 Å². The van der Waals surface area contributed by atoms with E-state index in [1.807, 2.05) is 0 Å². The smallest absolute Gasteiger partial charge is 0.327 e. The van der Waals surface area contributed by atoms with Crippen molar-refractivity contribution in [3.8, 4) is 11.3 Å². The number of hydrogen-bond donors (Lipinski definition) is 3. The topological polar surface area (TPSA) is 123 Å². The summed E-state index contributed by atoms with van der Waals surface area (Å²) in [5.74, 6) is 0. The predicted octanol–water partition coefficient (Wildman–Crippen LogP) is 1.54. The van der Waals surface area contributed by atoms with Gasteiger partial charge in [-0.3, -0.25) is 5.41 Å². The van der Waals surface area contributed by atoms with Gasteiger partial charge in [0.15, 0.2) is 0 Å². The van der Waals surface area contributed by atoms with Crippen LogP contribution in [-0.2, 0) is 0 Å². The fourth-order valence-corrected chi connectivity index (χ4v) is 2.32. The van der Waals surface area contributed by atoms with Gasteiger partial charge < -0.3 is 11.1 Å². The molecule has 0 aliphatic heterocycles. The number of carbonyl (C=O) groups is 1. The lowest BCUT2D eigenvalue weighted by atomic mass is 10.1. The van der Waals surface area contributed by atoms with Gasteiger partial charge in [0.2, 0.25) is 0 Å². The number of hydrogen-bond acceptors (Lipinski definition) is 6. The minimum absolute atomic E-state index is 0.00729. The van der Waals surface area contributed by atoms with Gasteiger partial charge >= 0.3 is 6.03 Å². The van der Waals surface area contributed by atoms with Crippen LogP contribution in [0.25, 0.3) is 22.3 Å². The molecule has 1 amide bonds. The molecule has 0 radical (unpaired) electrons. The van der Waals surface area contributed by atoms with E-state index in [-0.39, 0.29) is 24.2 Å². The summed E-state index contributed by atoms with van der Waals surface area (Å²) < 4.78 is 18.4. The molecule has 8 nitrogen and oxygen atoms in total. The van der Waals surface area contributed by atoms with Crippen molar-refractivity contribution in [3.63, 3.8) is 0 Å². The Hall–Kier alpha value is -3.33.